The first-order valence-electron chi connectivity index (χ1n) is 20.8. The Labute approximate surface area is 320 Å². The van der Waals surface area contributed by atoms with Gasteiger partial charge in [0.15, 0.2) is 16.6 Å². The van der Waals surface area contributed by atoms with Crippen molar-refractivity contribution in [2.45, 2.75) is 73.6 Å². The number of aromatic nitrogens is 2. The van der Waals surface area contributed by atoms with Crippen LogP contribution in [0, 0.1) is 12.3 Å². The molecule has 53 heavy (non-hydrogen) atoms. The van der Waals surface area contributed by atoms with Crippen LogP contribution in [0.2, 0.25) is 0 Å². The van der Waals surface area contributed by atoms with Gasteiger partial charge in [-0.05, 0) is 100 Å². The van der Waals surface area contributed by atoms with Crippen LogP contribution >= 0.6 is 0 Å². The highest BCUT2D eigenvalue weighted by Gasteiger charge is 2.34. The Morgan fingerprint density at radius 1 is 0.717 bits per heavy atom. The van der Waals surface area contributed by atoms with E-state index < -0.39 is 11.8 Å². The lowest BCUT2D eigenvalue weighted by Gasteiger charge is -2.21. The zero-order chi connectivity index (χ0) is 40.7. The predicted octanol–water partition coefficient (Wildman–Crippen LogP) is 13.5. The van der Waals surface area contributed by atoms with E-state index in [-0.39, 0.29) is 23.9 Å². The average molecular weight is 700 g/mol. The summed E-state index contributed by atoms with van der Waals surface area (Å²) in [5.74, 6) is 1.19. The lowest BCUT2D eigenvalue weighted by atomic mass is 9.86. The smallest absolute Gasteiger partial charge is 0.299 e. The number of rotatable bonds is 7. The third-order valence-electron chi connectivity index (χ3n) is 10.4. The third-order valence-corrected chi connectivity index (χ3v) is 10.4. The van der Waals surface area contributed by atoms with Crippen LogP contribution in [0.3, 0.4) is 0 Å². The number of nitrogens with zero attached hydrogens (tertiary/aromatic N) is 2. The molecule has 0 bridgehead atoms. The average Bonchev–Trinajstić information content (AvgIpc) is 3.68. The molecule has 0 N–H and O–H groups in total. The second kappa shape index (κ2) is 13.2. The topological polar surface area (TPSA) is 21.9 Å². The molecule has 0 amide bonds. The van der Waals surface area contributed by atoms with Crippen LogP contribution in [0.5, 0.6) is 0 Å². The molecule has 0 aliphatic rings. The van der Waals surface area contributed by atoms with Crippen molar-refractivity contribution in [2.24, 2.45) is 12.5 Å². The van der Waals surface area contributed by atoms with E-state index in [1.807, 2.05) is 26.8 Å². The van der Waals surface area contributed by atoms with Crippen molar-refractivity contribution in [3.8, 4) is 39.3 Å². The molecular weight excluding hydrogens is 645 g/mol. The number of hydrogen-bond donors (Lipinski definition) is 0. The van der Waals surface area contributed by atoms with Gasteiger partial charge in [-0.25, -0.2) is 4.57 Å². The van der Waals surface area contributed by atoms with Gasteiger partial charge in [-0.3, -0.25) is 0 Å². The molecule has 0 fully saturated rings. The second-order valence-electron chi connectivity index (χ2n) is 16.1. The number of furan rings is 1. The molecule has 0 saturated carbocycles. The normalized spacial score (nSPS) is 13.6. The van der Waals surface area contributed by atoms with Crippen molar-refractivity contribution in [3.63, 3.8) is 0 Å². The van der Waals surface area contributed by atoms with E-state index in [0.717, 1.165) is 83.4 Å². The van der Waals surface area contributed by atoms with Crippen LogP contribution in [0.4, 0.5) is 0 Å². The van der Waals surface area contributed by atoms with Gasteiger partial charge in [0, 0.05) is 24.6 Å². The molecule has 0 spiro atoms. The zero-order valence-corrected chi connectivity index (χ0v) is 32.3. The molecule has 0 aliphatic heterocycles. The van der Waals surface area contributed by atoms with Gasteiger partial charge >= 0.3 is 0 Å². The highest BCUT2D eigenvalue weighted by Crippen LogP contribution is 2.43. The summed E-state index contributed by atoms with van der Waals surface area (Å²) in [6.45, 7) is 16.5. The Kier molecular flexibility index (Phi) is 7.51. The standard InChI is InChI=1S/C50H51N2O/c1-31(2)41-27-38(36-22-20-34(21-23-36)30-50(6,7)8)28-42(32(3)4)47(41)52-44-18-14-13-17-43(44)51(9)49(52)46-33(5)19-25-40-39-26-24-37(29-45(39)53-48(40)46)35-15-11-10-12-16-35/h10-29,31-32H,30H2,1-9H3/q+1/i22D,23D,30D2. The Bertz CT molecular complexity index is 2800. The summed E-state index contributed by atoms with van der Waals surface area (Å²) in [6.07, 6.45) is -1.71. The highest BCUT2D eigenvalue weighted by atomic mass is 16.3. The summed E-state index contributed by atoms with van der Waals surface area (Å²) in [5, 5.41) is 2.14. The molecule has 2 heterocycles. The summed E-state index contributed by atoms with van der Waals surface area (Å²) in [7, 11) is 2.14. The molecule has 6 aromatic carbocycles. The zero-order valence-electron chi connectivity index (χ0n) is 36.3. The maximum Gasteiger partial charge on any atom is 0.299 e. The Morgan fingerprint density at radius 2 is 1.36 bits per heavy atom. The first kappa shape index (κ1) is 30.1. The summed E-state index contributed by atoms with van der Waals surface area (Å²) in [5.41, 5.74) is 12.5. The number of benzene rings is 6. The van der Waals surface area contributed by atoms with Gasteiger partial charge in [0.05, 0.1) is 9.79 Å². The minimum absolute atomic E-state index is 0.0916. The Hall–Kier alpha value is -5.41. The first-order chi connectivity index (χ1) is 27.0. The van der Waals surface area contributed by atoms with E-state index in [4.69, 9.17) is 7.16 Å². The van der Waals surface area contributed by atoms with Crippen LogP contribution in [0.25, 0.3) is 72.3 Å². The fourth-order valence-corrected chi connectivity index (χ4v) is 7.87. The van der Waals surface area contributed by atoms with Gasteiger partial charge in [0.1, 0.15) is 16.8 Å². The van der Waals surface area contributed by atoms with Crippen LogP contribution < -0.4 is 4.57 Å². The molecule has 0 atom stereocenters. The van der Waals surface area contributed by atoms with E-state index in [2.05, 4.69) is 142 Å². The van der Waals surface area contributed by atoms with Crippen molar-refractivity contribution in [3.05, 3.63) is 144 Å². The van der Waals surface area contributed by atoms with Crippen LogP contribution in [0.15, 0.2) is 126 Å². The molecule has 2 aromatic heterocycles. The maximum absolute atomic E-state index is 9.21. The fraction of sp³-hybridized carbons (Fsp3) is 0.260. The SMILES string of the molecule is [2H]c1cc(C([2H])([2H])C(C)(C)C)cc([2H])c1-c1cc(C(C)C)c(-n2c(-c3c(C)ccc4c3oc3cc(-c5ccccc5)ccc34)[n+](C)c3ccccc32)c(C(C)C)c1. The van der Waals surface area contributed by atoms with E-state index in [1.165, 1.54) is 0 Å². The van der Waals surface area contributed by atoms with E-state index in [1.54, 1.807) is 12.1 Å². The Balaban J connectivity index is 1.42. The van der Waals surface area contributed by atoms with Crippen molar-refractivity contribution in [2.75, 3.05) is 0 Å². The summed E-state index contributed by atoms with van der Waals surface area (Å²) < 4.78 is 47.8. The number of fused-ring (bicyclic) bond motifs is 4. The Morgan fingerprint density at radius 3 is 2.02 bits per heavy atom. The predicted molar refractivity (Wildman–Crippen MR) is 224 cm³/mol. The van der Waals surface area contributed by atoms with E-state index >= 15 is 0 Å². The van der Waals surface area contributed by atoms with E-state index in [9.17, 15) is 2.74 Å². The van der Waals surface area contributed by atoms with Gasteiger partial charge in [0.2, 0.25) is 0 Å². The molecule has 8 rings (SSSR count). The maximum atomic E-state index is 9.21. The minimum Gasteiger partial charge on any atom is -0.455 e. The number of para-hydroxylation sites is 2. The lowest BCUT2D eigenvalue weighted by molar-refractivity contribution is -0.633. The van der Waals surface area contributed by atoms with Crippen molar-refractivity contribution >= 4 is 33.0 Å². The minimum atomic E-state index is -1.71. The summed E-state index contributed by atoms with van der Waals surface area (Å²) in [4.78, 5) is 0. The summed E-state index contributed by atoms with van der Waals surface area (Å²) in [6, 6.07) is 37.7. The molecule has 8 aromatic rings. The first-order valence-corrected chi connectivity index (χ1v) is 18.8. The quantitative estimate of drug-likeness (QED) is 0.152. The largest absolute Gasteiger partial charge is 0.455 e. The second-order valence-corrected chi connectivity index (χ2v) is 16.1. The molecular formula is C50H51N2O+. The number of hydrogen-bond acceptors (Lipinski definition) is 1. The molecule has 266 valence electrons. The molecule has 0 saturated heterocycles. The molecule has 3 nitrogen and oxygen atoms in total. The lowest BCUT2D eigenvalue weighted by Crippen LogP contribution is -2.30. The van der Waals surface area contributed by atoms with Gasteiger partial charge < -0.3 is 4.42 Å². The van der Waals surface area contributed by atoms with Crippen LogP contribution in [0.1, 0.15) is 88.0 Å². The number of imidazole rings is 1. The highest BCUT2D eigenvalue weighted by molar-refractivity contribution is 6.10. The fourth-order valence-electron chi connectivity index (χ4n) is 7.87. The van der Waals surface area contributed by atoms with Gasteiger partial charge in [0.25, 0.3) is 5.82 Å². The van der Waals surface area contributed by atoms with Crippen molar-refractivity contribution < 1.29 is 14.5 Å². The number of aryl methyl sites for hydroxylation is 2. The van der Waals surface area contributed by atoms with Crippen molar-refractivity contribution in [1.82, 2.24) is 4.57 Å². The van der Waals surface area contributed by atoms with Gasteiger partial charge in [-0.1, -0.05) is 133 Å². The molecule has 0 aliphatic carbocycles. The summed E-state index contributed by atoms with van der Waals surface area (Å²) >= 11 is 0. The van der Waals surface area contributed by atoms with Crippen LogP contribution in [-0.2, 0) is 13.4 Å². The van der Waals surface area contributed by atoms with Gasteiger partial charge in [-0.2, -0.15) is 4.57 Å². The monoisotopic (exact) mass is 699 g/mol. The third kappa shape index (κ3) is 6.16. The molecule has 0 radical (unpaired) electrons. The molecule has 3 heteroatoms. The van der Waals surface area contributed by atoms with Crippen LogP contribution in [-0.4, -0.2) is 4.57 Å². The van der Waals surface area contributed by atoms with Gasteiger partial charge in [-0.15, -0.1) is 0 Å². The van der Waals surface area contributed by atoms with Crippen molar-refractivity contribution in [1.29, 1.82) is 0 Å². The van der Waals surface area contributed by atoms with E-state index in [0.29, 0.717) is 11.1 Å². The molecule has 0 unspecified atom stereocenters.